The van der Waals surface area contributed by atoms with Crippen LogP contribution < -0.4 is 0 Å². The van der Waals surface area contributed by atoms with Crippen molar-refractivity contribution in [2.75, 3.05) is 39.1 Å². The minimum atomic E-state index is 0.778. The highest BCUT2D eigenvalue weighted by Crippen LogP contribution is 2.23. The molecule has 3 heteroatoms. The number of hydrogen-bond acceptors (Lipinski definition) is 3. The van der Waals surface area contributed by atoms with E-state index < -0.39 is 0 Å². The lowest BCUT2D eigenvalue weighted by Gasteiger charge is -2.26. The van der Waals surface area contributed by atoms with Gasteiger partial charge >= 0.3 is 0 Å². The van der Waals surface area contributed by atoms with Crippen molar-refractivity contribution in [3.63, 3.8) is 0 Å². The van der Waals surface area contributed by atoms with E-state index in [1.54, 1.807) is 0 Å². The van der Waals surface area contributed by atoms with Crippen LogP contribution in [-0.4, -0.2) is 44.0 Å². The van der Waals surface area contributed by atoms with E-state index in [9.17, 15) is 0 Å². The fourth-order valence-electron chi connectivity index (χ4n) is 2.29. The molecule has 15 heavy (non-hydrogen) atoms. The van der Waals surface area contributed by atoms with Gasteiger partial charge in [-0.3, -0.25) is 0 Å². The Labute approximate surface area is 99.8 Å². The van der Waals surface area contributed by atoms with Gasteiger partial charge in [-0.1, -0.05) is 19.3 Å². The molecule has 1 fully saturated rings. The molecular weight excluding hydrogens is 206 g/mol. The highest BCUT2D eigenvalue weighted by molar-refractivity contribution is 7.80. The zero-order chi connectivity index (χ0) is 10.9. The first-order valence-electron chi connectivity index (χ1n) is 6.20. The molecule has 0 spiro atoms. The summed E-state index contributed by atoms with van der Waals surface area (Å²) in [6.45, 7) is 3.94. The van der Waals surface area contributed by atoms with E-state index in [-0.39, 0.29) is 0 Å². The van der Waals surface area contributed by atoms with Crippen LogP contribution in [0, 0.1) is 5.92 Å². The Bertz CT molecular complexity index is 149. The van der Waals surface area contributed by atoms with Gasteiger partial charge in [-0.2, -0.15) is 12.6 Å². The molecule has 1 saturated carbocycles. The van der Waals surface area contributed by atoms with Crippen molar-refractivity contribution in [3.8, 4) is 0 Å². The van der Waals surface area contributed by atoms with Gasteiger partial charge in [-0.05, 0) is 25.8 Å². The lowest BCUT2D eigenvalue weighted by atomic mass is 9.89. The largest absolute Gasteiger partial charge is 0.379 e. The smallest absolute Gasteiger partial charge is 0.0593 e. The molecule has 0 amide bonds. The van der Waals surface area contributed by atoms with Crippen LogP contribution in [0.4, 0.5) is 0 Å². The van der Waals surface area contributed by atoms with Crippen LogP contribution >= 0.6 is 12.6 Å². The molecule has 1 rings (SSSR count). The minimum Gasteiger partial charge on any atom is -0.379 e. The van der Waals surface area contributed by atoms with Crippen LogP contribution in [0.3, 0.4) is 0 Å². The van der Waals surface area contributed by atoms with Gasteiger partial charge in [0.1, 0.15) is 0 Å². The fourth-order valence-corrected chi connectivity index (χ4v) is 2.42. The molecule has 0 aromatic carbocycles. The number of nitrogens with zero attached hydrogens (tertiary/aromatic N) is 1. The maximum absolute atomic E-state index is 5.42. The maximum Gasteiger partial charge on any atom is 0.0593 e. The van der Waals surface area contributed by atoms with E-state index >= 15 is 0 Å². The van der Waals surface area contributed by atoms with Gasteiger partial charge < -0.3 is 9.64 Å². The number of likely N-dealkylation sites (N-methyl/N-ethyl adjacent to an activating group) is 1. The Morgan fingerprint density at radius 3 is 2.60 bits per heavy atom. The molecule has 0 aromatic heterocycles. The summed E-state index contributed by atoms with van der Waals surface area (Å²) in [5.74, 6) is 1.76. The first kappa shape index (κ1) is 13.3. The van der Waals surface area contributed by atoms with Crippen LogP contribution in [0.5, 0.6) is 0 Å². The molecule has 0 aliphatic heterocycles. The van der Waals surface area contributed by atoms with Gasteiger partial charge in [0.2, 0.25) is 0 Å². The lowest BCUT2D eigenvalue weighted by molar-refractivity contribution is 0.115. The summed E-state index contributed by atoms with van der Waals surface area (Å²) in [5.41, 5.74) is 0. The molecule has 1 aliphatic rings. The minimum absolute atomic E-state index is 0.778. The van der Waals surface area contributed by atoms with E-state index in [2.05, 4.69) is 24.6 Å². The molecule has 0 atom stereocenters. The van der Waals surface area contributed by atoms with E-state index in [0.717, 1.165) is 31.4 Å². The fraction of sp³-hybridized carbons (Fsp3) is 1.00. The molecule has 1 aliphatic carbocycles. The van der Waals surface area contributed by atoms with Crippen molar-refractivity contribution < 1.29 is 4.74 Å². The summed E-state index contributed by atoms with van der Waals surface area (Å²) in [7, 11) is 2.21. The molecule has 0 radical (unpaired) electrons. The van der Waals surface area contributed by atoms with Gasteiger partial charge in [-0.15, -0.1) is 0 Å². The highest BCUT2D eigenvalue weighted by atomic mass is 32.1. The third-order valence-corrected chi connectivity index (χ3v) is 3.33. The van der Waals surface area contributed by atoms with E-state index in [0.29, 0.717) is 0 Å². The predicted octanol–water partition coefficient (Wildman–Crippen LogP) is 2.44. The Kier molecular flexibility index (Phi) is 7.49. The average molecular weight is 231 g/mol. The Morgan fingerprint density at radius 2 is 1.93 bits per heavy atom. The first-order chi connectivity index (χ1) is 7.33. The van der Waals surface area contributed by atoms with Crippen molar-refractivity contribution in [2.24, 2.45) is 5.92 Å². The van der Waals surface area contributed by atoms with Gasteiger partial charge in [-0.25, -0.2) is 0 Å². The molecule has 0 N–H and O–H groups in total. The van der Waals surface area contributed by atoms with Crippen LogP contribution in [0.25, 0.3) is 0 Å². The molecular formula is C12H25NOS. The predicted molar refractivity (Wildman–Crippen MR) is 68.7 cm³/mol. The quantitative estimate of drug-likeness (QED) is 0.534. The second-order valence-corrected chi connectivity index (χ2v) is 5.05. The summed E-state index contributed by atoms with van der Waals surface area (Å²) in [6, 6.07) is 0. The summed E-state index contributed by atoms with van der Waals surface area (Å²) in [5, 5.41) is 0. The molecule has 90 valence electrons. The molecule has 0 saturated heterocycles. The van der Waals surface area contributed by atoms with Gasteiger partial charge in [0.05, 0.1) is 13.2 Å². The summed E-state index contributed by atoms with van der Waals surface area (Å²) in [4.78, 5) is 2.41. The van der Waals surface area contributed by atoms with E-state index in [1.165, 1.54) is 38.6 Å². The van der Waals surface area contributed by atoms with Crippen molar-refractivity contribution in [1.29, 1.82) is 0 Å². The van der Waals surface area contributed by atoms with Crippen LogP contribution in [0.15, 0.2) is 0 Å². The Morgan fingerprint density at radius 1 is 1.20 bits per heavy atom. The normalized spacial score (nSPS) is 18.6. The SMILES string of the molecule is CN(CCOCCS)CC1CCCCC1. The standard InChI is InChI=1S/C12H25NOS/c1-13(7-8-14-9-10-15)11-12-5-3-2-4-6-12/h12,15H,2-11H2,1H3. The van der Waals surface area contributed by atoms with Gasteiger partial charge in [0.15, 0.2) is 0 Å². The molecule has 0 bridgehead atoms. The molecule has 0 aromatic rings. The van der Waals surface area contributed by atoms with Crippen molar-refractivity contribution >= 4 is 12.6 Å². The lowest BCUT2D eigenvalue weighted by Crippen LogP contribution is -2.30. The monoisotopic (exact) mass is 231 g/mol. The maximum atomic E-state index is 5.42. The van der Waals surface area contributed by atoms with E-state index in [4.69, 9.17) is 4.74 Å². The van der Waals surface area contributed by atoms with Crippen molar-refractivity contribution in [2.45, 2.75) is 32.1 Å². The van der Waals surface area contributed by atoms with Crippen molar-refractivity contribution in [3.05, 3.63) is 0 Å². The molecule has 0 unspecified atom stereocenters. The third-order valence-electron chi connectivity index (χ3n) is 3.15. The highest BCUT2D eigenvalue weighted by Gasteiger charge is 2.14. The summed E-state index contributed by atoms with van der Waals surface area (Å²) < 4.78 is 5.42. The average Bonchev–Trinajstić information content (AvgIpc) is 2.26. The number of thiol groups is 1. The number of rotatable bonds is 7. The Hall–Kier alpha value is 0.270. The van der Waals surface area contributed by atoms with Crippen LogP contribution in [0.1, 0.15) is 32.1 Å². The van der Waals surface area contributed by atoms with Crippen LogP contribution in [-0.2, 0) is 4.74 Å². The van der Waals surface area contributed by atoms with Gasteiger partial charge in [0, 0.05) is 18.8 Å². The molecule has 2 nitrogen and oxygen atoms in total. The molecule has 0 heterocycles. The zero-order valence-electron chi connectivity index (χ0n) is 9.95. The second kappa shape index (κ2) is 8.43. The van der Waals surface area contributed by atoms with E-state index in [1.807, 2.05) is 0 Å². The number of hydrogen-bond donors (Lipinski definition) is 1. The Balaban J connectivity index is 1.98. The van der Waals surface area contributed by atoms with Gasteiger partial charge in [0.25, 0.3) is 0 Å². The first-order valence-corrected chi connectivity index (χ1v) is 6.83. The topological polar surface area (TPSA) is 12.5 Å². The second-order valence-electron chi connectivity index (χ2n) is 4.60. The zero-order valence-corrected chi connectivity index (χ0v) is 10.8. The van der Waals surface area contributed by atoms with Crippen LogP contribution in [0.2, 0.25) is 0 Å². The summed E-state index contributed by atoms with van der Waals surface area (Å²) >= 11 is 4.11. The summed E-state index contributed by atoms with van der Waals surface area (Å²) in [6.07, 6.45) is 7.19. The van der Waals surface area contributed by atoms with Crippen molar-refractivity contribution in [1.82, 2.24) is 4.90 Å². The number of ether oxygens (including phenoxy) is 1. The third kappa shape index (κ3) is 6.44.